The lowest BCUT2D eigenvalue weighted by Crippen LogP contribution is -2.43. The monoisotopic (exact) mass is 530 g/mol. The Kier molecular flexibility index (Phi) is 7.29. The molecule has 1 aliphatic carbocycles. The summed E-state index contributed by atoms with van der Waals surface area (Å²) >= 11 is 0. The van der Waals surface area contributed by atoms with E-state index in [1.54, 1.807) is 0 Å². The maximum absolute atomic E-state index is 13.8. The number of benzene rings is 3. The van der Waals surface area contributed by atoms with E-state index >= 15 is 0 Å². The standard InChI is InChI=1S/C28H29F3N2O3S/c1-32-37(34,23-14-12-22(13-15-23)36-28(29,30)31)33-21-16-17-35-26(18-21)27-24-8-4-2-6-19(24)10-11-20-7-3-5-9-25(20)27/h2-9,12-15,21,26-27H,10-11,16-18H2,1H3,(H,32,33,34). The molecule has 3 atom stereocenters. The van der Waals surface area contributed by atoms with Gasteiger partial charge in [0.25, 0.3) is 0 Å². The Bertz CT molecular complexity index is 1320. The molecule has 5 nitrogen and oxygen atoms in total. The zero-order chi connectivity index (χ0) is 26.0. The fourth-order valence-electron chi connectivity index (χ4n) is 5.41. The summed E-state index contributed by atoms with van der Waals surface area (Å²) in [6, 6.07) is 21.9. The summed E-state index contributed by atoms with van der Waals surface area (Å²) in [7, 11) is -1.62. The van der Waals surface area contributed by atoms with E-state index < -0.39 is 16.3 Å². The SMILES string of the molecule is CN=S(=O)(NC1CCOC(C2c3ccccc3CCc3ccccc32)C1)c1ccc(OC(F)(F)F)cc1. The molecule has 9 heteroatoms. The third-order valence-electron chi connectivity index (χ3n) is 7.09. The molecule has 0 bridgehead atoms. The predicted molar refractivity (Wildman–Crippen MR) is 136 cm³/mol. The summed E-state index contributed by atoms with van der Waals surface area (Å²) in [5, 5.41) is 0. The highest BCUT2D eigenvalue weighted by Gasteiger charge is 2.36. The topological polar surface area (TPSA) is 59.9 Å². The maximum atomic E-state index is 13.8. The molecular weight excluding hydrogens is 501 g/mol. The van der Waals surface area contributed by atoms with E-state index in [1.165, 1.54) is 41.4 Å². The Hall–Kier alpha value is -2.88. The van der Waals surface area contributed by atoms with Gasteiger partial charge < -0.3 is 9.47 Å². The minimum absolute atomic E-state index is 0.0490. The van der Waals surface area contributed by atoms with Crippen LogP contribution in [0.2, 0.25) is 0 Å². The Balaban J connectivity index is 1.40. The number of fused-ring (bicyclic) bond motifs is 2. The van der Waals surface area contributed by atoms with Crippen LogP contribution in [0.15, 0.2) is 82.1 Å². The average Bonchev–Trinajstić information content (AvgIpc) is 3.05. The first-order chi connectivity index (χ1) is 17.8. The van der Waals surface area contributed by atoms with Crippen molar-refractivity contribution in [2.45, 2.75) is 55.0 Å². The van der Waals surface area contributed by atoms with Gasteiger partial charge >= 0.3 is 6.36 Å². The molecule has 1 heterocycles. The lowest BCUT2D eigenvalue weighted by molar-refractivity contribution is -0.274. The summed E-state index contributed by atoms with van der Waals surface area (Å²) in [5.41, 5.74) is 5.16. The smallest absolute Gasteiger partial charge is 0.406 e. The lowest BCUT2D eigenvalue weighted by atomic mass is 9.80. The zero-order valence-electron chi connectivity index (χ0n) is 20.4. The van der Waals surface area contributed by atoms with Crippen molar-refractivity contribution < 1.29 is 26.9 Å². The molecule has 3 aromatic carbocycles. The summed E-state index contributed by atoms with van der Waals surface area (Å²) in [5.74, 6) is -0.321. The van der Waals surface area contributed by atoms with Gasteiger partial charge in [0.1, 0.15) is 15.7 Å². The Morgan fingerprint density at radius 3 is 2.11 bits per heavy atom. The molecule has 5 rings (SSSR count). The van der Waals surface area contributed by atoms with E-state index in [0.717, 1.165) is 25.0 Å². The maximum Gasteiger partial charge on any atom is 0.573 e. The van der Waals surface area contributed by atoms with Crippen LogP contribution in [-0.2, 0) is 27.5 Å². The first-order valence-corrected chi connectivity index (χ1v) is 13.8. The van der Waals surface area contributed by atoms with Crippen molar-refractivity contribution in [3.8, 4) is 5.75 Å². The van der Waals surface area contributed by atoms with Gasteiger partial charge in [-0.15, -0.1) is 13.2 Å². The Morgan fingerprint density at radius 1 is 0.946 bits per heavy atom. The molecule has 1 saturated heterocycles. The van der Waals surface area contributed by atoms with Gasteiger partial charge in [-0.2, -0.15) is 0 Å². The van der Waals surface area contributed by atoms with Crippen molar-refractivity contribution >= 4 is 9.92 Å². The third-order valence-corrected chi connectivity index (χ3v) is 9.17. The number of hydrogen-bond acceptors (Lipinski definition) is 4. The molecule has 0 amide bonds. The average molecular weight is 531 g/mol. The van der Waals surface area contributed by atoms with Crippen LogP contribution in [0.1, 0.15) is 41.0 Å². The summed E-state index contributed by atoms with van der Waals surface area (Å²) in [6.07, 6.45) is -1.72. The molecule has 3 aromatic rings. The third kappa shape index (κ3) is 5.68. The lowest BCUT2D eigenvalue weighted by Gasteiger charge is -2.36. The minimum atomic E-state index is -4.79. The first kappa shape index (κ1) is 25.8. The molecule has 1 fully saturated rings. The zero-order valence-corrected chi connectivity index (χ0v) is 21.2. The summed E-state index contributed by atoms with van der Waals surface area (Å²) < 4.78 is 69.0. The second kappa shape index (κ2) is 10.5. The number of hydrogen-bond donors (Lipinski definition) is 1. The molecule has 0 spiro atoms. The Labute approximate surface area is 215 Å². The van der Waals surface area contributed by atoms with E-state index in [4.69, 9.17) is 4.74 Å². The largest absolute Gasteiger partial charge is 0.573 e. The van der Waals surface area contributed by atoms with Gasteiger partial charge in [0.15, 0.2) is 0 Å². The fourth-order valence-corrected chi connectivity index (χ4v) is 7.04. The van der Waals surface area contributed by atoms with E-state index in [1.807, 2.05) is 0 Å². The van der Waals surface area contributed by atoms with Gasteiger partial charge in [-0.1, -0.05) is 48.5 Å². The molecular formula is C28H29F3N2O3S. The molecule has 1 aliphatic heterocycles. The number of rotatable bonds is 5. The van der Waals surface area contributed by atoms with Crippen LogP contribution in [0.25, 0.3) is 0 Å². The summed E-state index contributed by atoms with van der Waals surface area (Å²) in [6.45, 7) is 0.501. The van der Waals surface area contributed by atoms with Gasteiger partial charge in [0.05, 0.1) is 11.0 Å². The van der Waals surface area contributed by atoms with Gasteiger partial charge in [0, 0.05) is 25.6 Å². The molecule has 2 aliphatic rings. The van der Waals surface area contributed by atoms with Crippen molar-refractivity contribution in [1.29, 1.82) is 0 Å². The van der Waals surface area contributed by atoms with Crippen LogP contribution in [0.4, 0.5) is 13.2 Å². The number of aryl methyl sites for hydroxylation is 2. The van der Waals surface area contributed by atoms with E-state index in [-0.39, 0.29) is 23.8 Å². The quantitative estimate of drug-likeness (QED) is 0.439. The molecule has 196 valence electrons. The molecule has 1 N–H and O–H groups in total. The van der Waals surface area contributed by atoms with Crippen molar-refractivity contribution in [1.82, 2.24) is 4.72 Å². The highest BCUT2D eigenvalue weighted by molar-refractivity contribution is 7.91. The number of halogens is 3. The van der Waals surface area contributed by atoms with Gasteiger partial charge in [0.2, 0.25) is 0 Å². The van der Waals surface area contributed by atoms with Crippen molar-refractivity contribution in [3.63, 3.8) is 0 Å². The van der Waals surface area contributed by atoms with Crippen LogP contribution in [0.5, 0.6) is 5.75 Å². The Morgan fingerprint density at radius 2 is 1.54 bits per heavy atom. The number of nitrogens with zero attached hydrogens (tertiary/aromatic N) is 1. The molecule has 0 aromatic heterocycles. The van der Waals surface area contributed by atoms with Gasteiger partial charge in [-0.25, -0.2) is 13.3 Å². The second-order valence-electron chi connectivity index (χ2n) is 9.35. The number of alkyl halides is 3. The second-order valence-corrected chi connectivity index (χ2v) is 11.5. The van der Waals surface area contributed by atoms with E-state index in [2.05, 4.69) is 62.4 Å². The highest BCUT2D eigenvalue weighted by Crippen LogP contribution is 2.40. The van der Waals surface area contributed by atoms with E-state index in [9.17, 15) is 17.4 Å². The van der Waals surface area contributed by atoms with Crippen molar-refractivity contribution in [3.05, 3.63) is 95.1 Å². The fraction of sp³-hybridized carbons (Fsp3) is 0.357. The molecule has 0 saturated carbocycles. The normalized spacial score (nSPS) is 21.7. The molecule has 37 heavy (non-hydrogen) atoms. The van der Waals surface area contributed by atoms with E-state index in [0.29, 0.717) is 24.3 Å². The molecule has 0 radical (unpaired) electrons. The minimum Gasteiger partial charge on any atom is -0.406 e. The number of ether oxygens (including phenoxy) is 2. The summed E-state index contributed by atoms with van der Waals surface area (Å²) in [4.78, 5) is 0.303. The number of nitrogens with one attached hydrogen (secondary N) is 1. The molecule has 3 unspecified atom stereocenters. The van der Waals surface area contributed by atoms with Crippen molar-refractivity contribution in [2.75, 3.05) is 13.7 Å². The van der Waals surface area contributed by atoms with Crippen molar-refractivity contribution in [2.24, 2.45) is 4.36 Å². The van der Waals surface area contributed by atoms with Gasteiger partial charge in [-0.05, 0) is 72.2 Å². The van der Waals surface area contributed by atoms with Crippen LogP contribution in [0, 0.1) is 0 Å². The first-order valence-electron chi connectivity index (χ1n) is 12.3. The van der Waals surface area contributed by atoms with Gasteiger partial charge in [-0.3, -0.25) is 0 Å². The predicted octanol–water partition coefficient (Wildman–Crippen LogP) is 6.02. The highest BCUT2D eigenvalue weighted by atomic mass is 32.2. The van der Waals surface area contributed by atoms with Crippen LogP contribution in [-0.4, -0.2) is 36.4 Å². The van der Waals surface area contributed by atoms with Crippen LogP contribution >= 0.6 is 0 Å². The van der Waals surface area contributed by atoms with Crippen LogP contribution < -0.4 is 9.46 Å². The van der Waals surface area contributed by atoms with Crippen LogP contribution in [0.3, 0.4) is 0 Å².